The minimum Gasteiger partial charge on any atom is -0.475 e. The summed E-state index contributed by atoms with van der Waals surface area (Å²) in [6, 6.07) is 13.6. The van der Waals surface area contributed by atoms with Crippen molar-refractivity contribution >= 4 is 21.9 Å². The lowest BCUT2D eigenvalue weighted by atomic mass is 9.88. The minimum atomic E-state index is -4.06. The van der Waals surface area contributed by atoms with Crippen LogP contribution in [0.25, 0.3) is 11.3 Å². The molecule has 0 atom stereocenters. The molecule has 2 aliphatic heterocycles. The molecule has 1 amide bonds. The summed E-state index contributed by atoms with van der Waals surface area (Å²) in [6.45, 7) is 5.59. The van der Waals surface area contributed by atoms with Crippen LogP contribution in [0.3, 0.4) is 0 Å². The number of sulfonamides is 1. The molecule has 35 heavy (non-hydrogen) atoms. The average molecular weight is 494 g/mol. The molecule has 4 bridgehead atoms. The summed E-state index contributed by atoms with van der Waals surface area (Å²) < 4.78 is 35.0. The van der Waals surface area contributed by atoms with Crippen LogP contribution < -0.4 is 20.1 Å². The third kappa shape index (κ3) is 4.71. The maximum atomic E-state index is 13.2. The van der Waals surface area contributed by atoms with Gasteiger partial charge in [0.15, 0.2) is 0 Å². The zero-order valence-corrected chi connectivity index (χ0v) is 20.4. The molecule has 2 aliphatic rings. The molecule has 1 spiro atoms. The monoisotopic (exact) mass is 493 g/mol. The van der Waals surface area contributed by atoms with E-state index in [1.165, 1.54) is 12.1 Å². The van der Waals surface area contributed by atoms with Gasteiger partial charge in [-0.3, -0.25) is 4.79 Å². The molecule has 0 saturated carbocycles. The average Bonchev–Trinajstić information content (AvgIpc) is 2.83. The predicted octanol–water partition coefficient (Wildman–Crippen LogP) is 2.81. The van der Waals surface area contributed by atoms with E-state index >= 15 is 0 Å². The Bertz CT molecular complexity index is 1380. The number of hydrogen-bond donors (Lipinski definition) is 3. The van der Waals surface area contributed by atoms with Crippen LogP contribution in [-0.2, 0) is 10.0 Å². The topological polar surface area (TPSA) is 122 Å². The van der Waals surface area contributed by atoms with Gasteiger partial charge in [0.25, 0.3) is 15.9 Å². The number of nitrogens with one attached hydrogen (secondary N) is 3. The van der Waals surface area contributed by atoms with Gasteiger partial charge in [0.05, 0.1) is 16.1 Å². The Hall–Kier alpha value is -3.50. The van der Waals surface area contributed by atoms with Crippen LogP contribution in [0.1, 0.15) is 34.3 Å². The highest BCUT2D eigenvalue weighted by atomic mass is 32.2. The number of piperidine rings is 1. The van der Waals surface area contributed by atoms with Gasteiger partial charge >= 0.3 is 0 Å². The zero-order valence-electron chi connectivity index (χ0n) is 19.6. The largest absolute Gasteiger partial charge is 0.475 e. The fraction of sp³-hybridized carbons (Fsp3) is 0.320. The van der Waals surface area contributed by atoms with E-state index in [4.69, 9.17) is 4.74 Å². The fourth-order valence-electron chi connectivity index (χ4n) is 4.61. The van der Waals surface area contributed by atoms with Gasteiger partial charge in [-0.1, -0.05) is 24.3 Å². The van der Waals surface area contributed by atoms with E-state index in [1.54, 1.807) is 18.2 Å². The van der Waals surface area contributed by atoms with Crippen LogP contribution in [0.15, 0.2) is 53.4 Å². The number of benzene rings is 2. The van der Waals surface area contributed by atoms with E-state index < -0.39 is 15.6 Å². The molecule has 1 fully saturated rings. The van der Waals surface area contributed by atoms with Crippen molar-refractivity contribution in [3.63, 3.8) is 0 Å². The number of carbonyl (C=O) groups excluding carboxylic acids is 1. The van der Waals surface area contributed by atoms with Crippen molar-refractivity contribution in [2.75, 3.05) is 24.4 Å². The summed E-state index contributed by atoms with van der Waals surface area (Å²) in [6.07, 6.45) is 1.33. The van der Waals surface area contributed by atoms with Gasteiger partial charge in [0.1, 0.15) is 6.61 Å². The van der Waals surface area contributed by atoms with Crippen molar-refractivity contribution in [1.29, 1.82) is 0 Å². The first kappa shape index (κ1) is 23.3. The highest BCUT2D eigenvalue weighted by Gasteiger charge is 2.35. The highest BCUT2D eigenvalue weighted by Crippen LogP contribution is 2.30. The number of hydrogen-bond acceptors (Lipinski definition) is 7. The second-order valence-electron chi connectivity index (χ2n) is 9.09. The van der Waals surface area contributed by atoms with Crippen molar-refractivity contribution in [3.8, 4) is 17.1 Å². The van der Waals surface area contributed by atoms with Crippen molar-refractivity contribution in [3.05, 3.63) is 65.2 Å². The molecule has 1 saturated heterocycles. The molecule has 3 heterocycles. The molecule has 3 N–H and O–H groups in total. The summed E-state index contributed by atoms with van der Waals surface area (Å²) in [7, 11) is -4.06. The highest BCUT2D eigenvalue weighted by molar-refractivity contribution is 7.92. The maximum Gasteiger partial charge on any atom is 0.264 e. The number of aryl methyl sites for hydroxylation is 2. The van der Waals surface area contributed by atoms with E-state index in [9.17, 15) is 13.2 Å². The summed E-state index contributed by atoms with van der Waals surface area (Å²) in [4.78, 5) is 22.0. The van der Waals surface area contributed by atoms with Crippen LogP contribution >= 0.6 is 0 Å². The van der Waals surface area contributed by atoms with Gasteiger partial charge in [-0.05, 0) is 69.1 Å². The summed E-state index contributed by atoms with van der Waals surface area (Å²) >= 11 is 0. The molecule has 182 valence electrons. The van der Waals surface area contributed by atoms with Crippen LogP contribution in [0.5, 0.6) is 5.88 Å². The molecule has 2 aromatic carbocycles. The van der Waals surface area contributed by atoms with Gasteiger partial charge in [0.2, 0.25) is 11.8 Å². The number of carbonyl (C=O) groups is 1. The number of anilines is 1. The molecule has 5 rings (SSSR count). The number of nitrogens with zero attached hydrogens (tertiary/aromatic N) is 2. The molecule has 9 nitrogen and oxygen atoms in total. The number of fused-ring (bicyclic) bond motifs is 4. The first-order valence-corrected chi connectivity index (χ1v) is 13.0. The van der Waals surface area contributed by atoms with Crippen molar-refractivity contribution in [1.82, 2.24) is 20.6 Å². The Morgan fingerprint density at radius 1 is 0.971 bits per heavy atom. The normalized spacial score (nSPS) is 18.7. The second kappa shape index (κ2) is 8.94. The van der Waals surface area contributed by atoms with E-state index in [0.29, 0.717) is 18.5 Å². The molecular formula is C25H27N5O4S. The van der Waals surface area contributed by atoms with Gasteiger partial charge in [0, 0.05) is 17.2 Å². The van der Waals surface area contributed by atoms with Gasteiger partial charge in [-0.15, -0.1) is 0 Å². The molecule has 10 heteroatoms. The van der Waals surface area contributed by atoms with E-state index in [-0.39, 0.29) is 34.8 Å². The third-order valence-corrected chi connectivity index (χ3v) is 7.83. The van der Waals surface area contributed by atoms with Crippen molar-refractivity contribution in [2.45, 2.75) is 37.1 Å². The first-order chi connectivity index (χ1) is 16.7. The Morgan fingerprint density at radius 2 is 1.69 bits per heavy atom. The maximum absolute atomic E-state index is 13.2. The molecule has 0 radical (unpaired) electrons. The third-order valence-electron chi connectivity index (χ3n) is 6.51. The first-order valence-electron chi connectivity index (χ1n) is 11.5. The standard InChI is InChI=1S/C25H27N5O4S/c1-16-5-3-6-17(2)22(16)20-14-21-28-24(27-20)30-35(32,33)19-8-4-7-18(13-19)23(31)29-25(15-34-21)9-11-26-12-10-25/h3-8,13-14,26H,9-12,15H2,1-2H3,(H,29,31)(H,27,28,30). The molecule has 0 unspecified atom stereocenters. The van der Waals surface area contributed by atoms with Crippen LogP contribution in [0.4, 0.5) is 5.95 Å². The fourth-order valence-corrected chi connectivity index (χ4v) is 5.60. The SMILES string of the molecule is Cc1cccc(C)c1-c1cc2nc(n1)NS(=O)(=O)c1cccc(c1)C(=O)NC1(CCNCC1)CO2. The second-order valence-corrected chi connectivity index (χ2v) is 10.8. The number of ether oxygens (including phenoxy) is 1. The lowest BCUT2D eigenvalue weighted by Gasteiger charge is -2.38. The number of rotatable bonds is 1. The lowest BCUT2D eigenvalue weighted by Crippen LogP contribution is -2.58. The minimum absolute atomic E-state index is 0.0488. The van der Waals surface area contributed by atoms with Gasteiger partial charge < -0.3 is 15.4 Å². The molecule has 0 aliphatic carbocycles. The smallest absolute Gasteiger partial charge is 0.264 e. The zero-order chi connectivity index (χ0) is 24.6. The van der Waals surface area contributed by atoms with Gasteiger partial charge in [-0.2, -0.15) is 4.98 Å². The van der Waals surface area contributed by atoms with Crippen molar-refractivity contribution < 1.29 is 17.9 Å². The van der Waals surface area contributed by atoms with Crippen molar-refractivity contribution in [2.24, 2.45) is 0 Å². The lowest BCUT2D eigenvalue weighted by molar-refractivity contribution is 0.0797. The molecule has 1 aromatic heterocycles. The Kier molecular flexibility index (Phi) is 5.94. The van der Waals surface area contributed by atoms with Crippen LogP contribution in [0.2, 0.25) is 0 Å². The van der Waals surface area contributed by atoms with E-state index in [2.05, 4.69) is 25.3 Å². The summed E-state index contributed by atoms with van der Waals surface area (Å²) in [5, 5.41) is 6.43. The Morgan fingerprint density at radius 3 is 2.43 bits per heavy atom. The van der Waals surface area contributed by atoms with E-state index in [1.807, 2.05) is 32.0 Å². The Labute approximate surface area is 204 Å². The molecular weight excluding hydrogens is 466 g/mol. The summed E-state index contributed by atoms with van der Waals surface area (Å²) in [5.74, 6) is -0.210. The Balaban J connectivity index is 1.66. The molecule has 3 aromatic rings. The van der Waals surface area contributed by atoms with Gasteiger partial charge in [-0.25, -0.2) is 18.1 Å². The number of amides is 1. The number of aromatic nitrogens is 2. The predicted molar refractivity (Wildman–Crippen MR) is 132 cm³/mol. The summed E-state index contributed by atoms with van der Waals surface area (Å²) in [5.41, 5.74) is 3.07. The van der Waals surface area contributed by atoms with Crippen LogP contribution in [-0.4, -0.2) is 49.5 Å². The van der Waals surface area contributed by atoms with Crippen LogP contribution in [0, 0.1) is 13.8 Å². The quantitative estimate of drug-likeness (QED) is 0.476. The van der Waals surface area contributed by atoms with E-state index in [0.717, 1.165) is 29.8 Å².